The van der Waals surface area contributed by atoms with Crippen LogP contribution in [0.1, 0.15) is 49.7 Å². The van der Waals surface area contributed by atoms with Gasteiger partial charge >= 0.3 is 0 Å². The number of fused-ring (bicyclic) bond motifs is 1. The molecule has 2 aromatic heterocycles. The number of nitrogens with zero attached hydrogens (tertiary/aromatic N) is 6. The molecule has 5 rings (SSSR count). The minimum absolute atomic E-state index is 0.256. The molecule has 0 unspecified atom stereocenters. The zero-order valence-corrected chi connectivity index (χ0v) is 18.7. The number of aromatic nitrogens is 3. The van der Waals surface area contributed by atoms with Crippen LogP contribution < -0.4 is 9.64 Å². The molecule has 3 heterocycles. The van der Waals surface area contributed by atoms with Crippen LogP contribution >= 0.6 is 0 Å². The van der Waals surface area contributed by atoms with Gasteiger partial charge in [-0.05, 0) is 31.0 Å². The highest BCUT2D eigenvalue weighted by Crippen LogP contribution is 2.33. The molecule has 166 valence electrons. The molecule has 1 saturated heterocycles. The van der Waals surface area contributed by atoms with Gasteiger partial charge in [0.1, 0.15) is 17.5 Å². The number of methoxy groups -OCH3 is 1. The molecule has 0 bridgehead atoms. The minimum Gasteiger partial charge on any atom is -0.497 e. The highest BCUT2D eigenvalue weighted by Gasteiger charge is 2.24. The Labute approximate surface area is 189 Å². The summed E-state index contributed by atoms with van der Waals surface area (Å²) < 4.78 is 7.81. The third-order valence-electron chi connectivity index (χ3n) is 6.87. The topological polar surface area (TPSA) is 70.2 Å². The summed E-state index contributed by atoms with van der Waals surface area (Å²) in [6.45, 7) is 4.92. The molecule has 0 atom stereocenters. The van der Waals surface area contributed by atoms with E-state index in [0.717, 1.165) is 49.5 Å². The van der Waals surface area contributed by atoms with Crippen molar-refractivity contribution in [2.24, 2.45) is 0 Å². The fourth-order valence-electron chi connectivity index (χ4n) is 5.18. The molecule has 3 aromatic rings. The van der Waals surface area contributed by atoms with Crippen molar-refractivity contribution in [3.63, 3.8) is 0 Å². The molecule has 0 amide bonds. The van der Waals surface area contributed by atoms with Crippen molar-refractivity contribution >= 4 is 16.7 Å². The van der Waals surface area contributed by atoms with Crippen molar-refractivity contribution < 1.29 is 4.74 Å². The Balaban J connectivity index is 1.35. The van der Waals surface area contributed by atoms with Crippen LogP contribution in [-0.2, 0) is 6.54 Å². The maximum atomic E-state index is 9.31. The van der Waals surface area contributed by atoms with Crippen molar-refractivity contribution in [2.45, 2.75) is 44.7 Å². The van der Waals surface area contributed by atoms with Crippen LogP contribution in [0.25, 0.3) is 11.0 Å². The molecule has 1 aliphatic carbocycles. The van der Waals surface area contributed by atoms with E-state index < -0.39 is 0 Å². The quantitative estimate of drug-likeness (QED) is 0.606. The lowest BCUT2D eigenvalue weighted by Gasteiger charge is -2.36. The highest BCUT2D eigenvalue weighted by atomic mass is 16.5. The van der Waals surface area contributed by atoms with Gasteiger partial charge in [0.05, 0.1) is 7.11 Å². The number of hydrogen-bond acceptors (Lipinski definition) is 6. The van der Waals surface area contributed by atoms with Gasteiger partial charge < -0.3 is 14.2 Å². The Hall–Kier alpha value is -3.11. The average Bonchev–Trinajstić information content (AvgIpc) is 3.21. The van der Waals surface area contributed by atoms with Gasteiger partial charge in [-0.3, -0.25) is 4.90 Å². The van der Waals surface area contributed by atoms with Crippen molar-refractivity contribution in [3.8, 4) is 11.8 Å². The summed E-state index contributed by atoms with van der Waals surface area (Å²) >= 11 is 0. The number of hydrogen-bond donors (Lipinski definition) is 0. The maximum Gasteiger partial charge on any atom is 0.234 e. The molecule has 7 nitrogen and oxygen atoms in total. The van der Waals surface area contributed by atoms with Crippen molar-refractivity contribution in [1.82, 2.24) is 19.4 Å². The Morgan fingerprint density at radius 2 is 1.91 bits per heavy atom. The van der Waals surface area contributed by atoms with Crippen LogP contribution in [0, 0.1) is 11.3 Å². The number of ether oxygens (including phenoxy) is 1. The fourth-order valence-corrected chi connectivity index (χ4v) is 5.18. The summed E-state index contributed by atoms with van der Waals surface area (Å²) in [6.07, 6.45) is 8.02. The number of nitriles is 1. The lowest BCUT2D eigenvalue weighted by Crippen LogP contribution is -2.46. The van der Waals surface area contributed by atoms with Crippen LogP contribution in [0.15, 0.2) is 36.5 Å². The lowest BCUT2D eigenvalue weighted by atomic mass is 9.95. The van der Waals surface area contributed by atoms with Gasteiger partial charge in [-0.25, -0.2) is 9.97 Å². The van der Waals surface area contributed by atoms with E-state index in [2.05, 4.69) is 54.7 Å². The van der Waals surface area contributed by atoms with Crippen LogP contribution in [0.3, 0.4) is 0 Å². The number of benzene rings is 1. The second-order valence-electron chi connectivity index (χ2n) is 8.85. The van der Waals surface area contributed by atoms with E-state index in [0.29, 0.717) is 6.04 Å². The maximum absolute atomic E-state index is 9.31. The molecule has 1 aliphatic heterocycles. The van der Waals surface area contributed by atoms with Crippen molar-refractivity contribution in [3.05, 3.63) is 48.0 Å². The Kier molecular flexibility index (Phi) is 5.95. The molecule has 2 fully saturated rings. The smallest absolute Gasteiger partial charge is 0.234 e. The standard InChI is InChI=1S/C25H30N6O/c1-32-23-9-5-8-21(15-23)30-12-10-29(11-13-30)18-22-14-19-17-27-24(16-26)28-25(19)31(22)20-6-3-2-4-7-20/h5,8-9,14-15,17,20H,2-4,6-7,10-13,18H2,1H3. The Morgan fingerprint density at radius 3 is 2.66 bits per heavy atom. The summed E-state index contributed by atoms with van der Waals surface area (Å²) in [5, 5.41) is 10.4. The minimum atomic E-state index is 0.256. The summed E-state index contributed by atoms with van der Waals surface area (Å²) in [5.41, 5.74) is 3.44. The number of piperazine rings is 1. The number of rotatable bonds is 5. The summed E-state index contributed by atoms with van der Waals surface area (Å²) in [5.74, 6) is 1.16. The highest BCUT2D eigenvalue weighted by molar-refractivity contribution is 5.77. The second-order valence-corrected chi connectivity index (χ2v) is 8.85. The first-order valence-corrected chi connectivity index (χ1v) is 11.6. The van der Waals surface area contributed by atoms with E-state index in [9.17, 15) is 5.26 Å². The molecular formula is C25H30N6O. The van der Waals surface area contributed by atoms with Crippen LogP contribution in [0.4, 0.5) is 5.69 Å². The van der Waals surface area contributed by atoms with Gasteiger partial charge in [0.15, 0.2) is 0 Å². The predicted molar refractivity (Wildman–Crippen MR) is 125 cm³/mol. The fraction of sp³-hybridized carbons (Fsp3) is 0.480. The third kappa shape index (κ3) is 4.15. The Bertz CT molecular complexity index is 1120. The average molecular weight is 431 g/mol. The lowest BCUT2D eigenvalue weighted by molar-refractivity contribution is 0.238. The van der Waals surface area contributed by atoms with Gasteiger partial charge in [-0.2, -0.15) is 5.26 Å². The molecule has 7 heteroatoms. The molecule has 32 heavy (non-hydrogen) atoms. The predicted octanol–water partition coefficient (Wildman–Crippen LogP) is 4.14. The van der Waals surface area contributed by atoms with Gasteiger partial charge in [0.2, 0.25) is 5.82 Å². The van der Waals surface area contributed by atoms with E-state index in [4.69, 9.17) is 4.74 Å². The van der Waals surface area contributed by atoms with Crippen molar-refractivity contribution in [1.29, 1.82) is 5.26 Å². The normalized spacial score (nSPS) is 18.1. The van der Waals surface area contributed by atoms with Crippen LogP contribution in [-0.4, -0.2) is 52.7 Å². The van der Waals surface area contributed by atoms with Gasteiger partial charge in [-0.1, -0.05) is 25.3 Å². The molecule has 0 N–H and O–H groups in total. The van der Waals surface area contributed by atoms with E-state index >= 15 is 0 Å². The molecule has 1 saturated carbocycles. The van der Waals surface area contributed by atoms with E-state index in [1.807, 2.05) is 12.3 Å². The third-order valence-corrected chi connectivity index (χ3v) is 6.87. The molecule has 0 radical (unpaired) electrons. The molecule has 2 aliphatic rings. The monoisotopic (exact) mass is 430 g/mol. The largest absolute Gasteiger partial charge is 0.497 e. The molecule has 0 spiro atoms. The van der Waals surface area contributed by atoms with Crippen molar-refractivity contribution in [2.75, 3.05) is 38.2 Å². The van der Waals surface area contributed by atoms with E-state index in [1.165, 1.54) is 43.5 Å². The SMILES string of the molecule is COc1cccc(N2CCN(Cc3cc4cnc(C#N)nc4n3C3CCCCC3)CC2)c1. The summed E-state index contributed by atoms with van der Waals surface area (Å²) in [7, 11) is 1.71. The van der Waals surface area contributed by atoms with E-state index in [1.54, 1.807) is 7.11 Å². The first-order valence-electron chi connectivity index (χ1n) is 11.6. The van der Waals surface area contributed by atoms with Crippen LogP contribution in [0.5, 0.6) is 5.75 Å². The zero-order valence-electron chi connectivity index (χ0n) is 18.7. The van der Waals surface area contributed by atoms with Crippen LogP contribution in [0.2, 0.25) is 0 Å². The zero-order chi connectivity index (χ0) is 21.9. The molecular weight excluding hydrogens is 400 g/mol. The van der Waals surface area contributed by atoms with Gasteiger partial charge in [0.25, 0.3) is 0 Å². The Morgan fingerprint density at radius 1 is 1.09 bits per heavy atom. The summed E-state index contributed by atoms with van der Waals surface area (Å²) in [6, 6.07) is 13.1. The van der Waals surface area contributed by atoms with Gasteiger partial charge in [0, 0.05) is 67.8 Å². The number of anilines is 1. The van der Waals surface area contributed by atoms with Gasteiger partial charge in [-0.15, -0.1) is 0 Å². The van der Waals surface area contributed by atoms with E-state index in [-0.39, 0.29) is 5.82 Å². The summed E-state index contributed by atoms with van der Waals surface area (Å²) in [4.78, 5) is 13.8. The molecule has 1 aromatic carbocycles. The first kappa shape index (κ1) is 20.8. The first-order chi connectivity index (χ1) is 15.7. The second kappa shape index (κ2) is 9.17.